The maximum atomic E-state index is 10.9. The highest BCUT2D eigenvalue weighted by Gasteiger charge is 1.98. The molecule has 0 saturated carbocycles. The topological polar surface area (TPSA) is 35.5 Å². The molecule has 0 aliphatic rings. The molecule has 0 aromatic heterocycles. The van der Waals surface area contributed by atoms with Crippen LogP contribution in [0, 0.1) is 6.92 Å². The quantitative estimate of drug-likeness (QED) is 0.561. The first-order valence-electron chi connectivity index (χ1n) is 4.58. The number of ether oxygens (including phenoxy) is 2. The minimum atomic E-state index is -0.364. The van der Waals surface area contributed by atoms with Crippen molar-refractivity contribution in [3.63, 3.8) is 0 Å². The van der Waals surface area contributed by atoms with Gasteiger partial charge in [-0.1, -0.05) is 6.07 Å². The van der Waals surface area contributed by atoms with E-state index in [4.69, 9.17) is 4.74 Å². The van der Waals surface area contributed by atoms with Gasteiger partial charge in [0.05, 0.1) is 14.2 Å². The Kier molecular flexibility index (Phi) is 3.92. The largest absolute Gasteiger partial charge is 0.497 e. The first kappa shape index (κ1) is 11.3. The maximum absolute atomic E-state index is 10.9. The molecular formula is C12H14O3. The fourth-order valence-corrected chi connectivity index (χ4v) is 1.15. The zero-order valence-electron chi connectivity index (χ0n) is 9.11. The minimum absolute atomic E-state index is 0.364. The van der Waals surface area contributed by atoms with Crippen LogP contribution in [0.4, 0.5) is 0 Å². The van der Waals surface area contributed by atoms with E-state index >= 15 is 0 Å². The van der Waals surface area contributed by atoms with E-state index in [9.17, 15) is 4.79 Å². The second-order valence-corrected chi connectivity index (χ2v) is 3.08. The normalized spacial score (nSPS) is 10.3. The van der Waals surface area contributed by atoms with Crippen molar-refractivity contribution in [3.8, 4) is 5.75 Å². The number of carbonyl (C=O) groups excluding carboxylic acids is 1. The molecule has 1 aromatic rings. The Bertz CT molecular complexity index is 380. The number of esters is 1. The smallest absolute Gasteiger partial charge is 0.330 e. The van der Waals surface area contributed by atoms with Crippen LogP contribution >= 0.6 is 0 Å². The van der Waals surface area contributed by atoms with Crippen molar-refractivity contribution in [1.29, 1.82) is 0 Å². The summed E-state index contributed by atoms with van der Waals surface area (Å²) in [6.07, 6.45) is 3.10. The van der Waals surface area contributed by atoms with Crippen LogP contribution in [0.1, 0.15) is 11.1 Å². The average molecular weight is 206 g/mol. The highest BCUT2D eigenvalue weighted by atomic mass is 16.5. The molecule has 0 aliphatic carbocycles. The molecule has 0 heterocycles. The zero-order valence-corrected chi connectivity index (χ0v) is 9.11. The van der Waals surface area contributed by atoms with E-state index in [1.54, 1.807) is 13.2 Å². The van der Waals surface area contributed by atoms with E-state index in [0.29, 0.717) is 0 Å². The van der Waals surface area contributed by atoms with Gasteiger partial charge >= 0.3 is 5.97 Å². The second kappa shape index (κ2) is 5.20. The van der Waals surface area contributed by atoms with E-state index in [2.05, 4.69) is 4.74 Å². The molecule has 15 heavy (non-hydrogen) atoms. The molecule has 0 radical (unpaired) electrons. The van der Waals surface area contributed by atoms with Crippen LogP contribution in [-0.2, 0) is 9.53 Å². The molecule has 0 bridgehead atoms. The number of hydrogen-bond acceptors (Lipinski definition) is 3. The van der Waals surface area contributed by atoms with Crippen molar-refractivity contribution in [2.24, 2.45) is 0 Å². The highest BCUT2D eigenvalue weighted by molar-refractivity contribution is 5.87. The molecule has 3 nitrogen and oxygen atoms in total. The van der Waals surface area contributed by atoms with Crippen LogP contribution in [0.15, 0.2) is 24.3 Å². The van der Waals surface area contributed by atoms with Crippen LogP contribution in [0.2, 0.25) is 0 Å². The summed E-state index contributed by atoms with van der Waals surface area (Å²) in [5.41, 5.74) is 2.02. The van der Waals surface area contributed by atoms with Crippen LogP contribution in [0.25, 0.3) is 6.08 Å². The lowest BCUT2D eigenvalue weighted by atomic mass is 10.1. The van der Waals surface area contributed by atoms with Gasteiger partial charge in [0.25, 0.3) is 0 Å². The van der Waals surface area contributed by atoms with Gasteiger partial charge in [-0.25, -0.2) is 4.79 Å². The fourth-order valence-electron chi connectivity index (χ4n) is 1.15. The molecule has 80 valence electrons. The zero-order chi connectivity index (χ0) is 11.3. The number of benzene rings is 1. The Morgan fingerprint density at radius 2 is 2.07 bits per heavy atom. The molecule has 1 aromatic carbocycles. The third-order valence-corrected chi connectivity index (χ3v) is 2.09. The molecule has 1 rings (SSSR count). The van der Waals surface area contributed by atoms with E-state index in [0.717, 1.165) is 16.9 Å². The molecular weight excluding hydrogens is 192 g/mol. The van der Waals surface area contributed by atoms with Crippen LogP contribution in [-0.4, -0.2) is 20.2 Å². The Morgan fingerprint density at radius 3 is 2.67 bits per heavy atom. The molecule has 0 fully saturated rings. The van der Waals surface area contributed by atoms with Gasteiger partial charge < -0.3 is 9.47 Å². The third-order valence-electron chi connectivity index (χ3n) is 2.09. The lowest BCUT2D eigenvalue weighted by Gasteiger charge is -2.03. The van der Waals surface area contributed by atoms with Crippen molar-refractivity contribution in [2.45, 2.75) is 6.92 Å². The Labute approximate surface area is 89.3 Å². The van der Waals surface area contributed by atoms with Gasteiger partial charge in [0.2, 0.25) is 0 Å². The first-order valence-corrected chi connectivity index (χ1v) is 4.58. The minimum Gasteiger partial charge on any atom is -0.497 e. The third kappa shape index (κ3) is 3.13. The molecule has 3 heteroatoms. The van der Waals surface area contributed by atoms with Gasteiger partial charge in [-0.2, -0.15) is 0 Å². The summed E-state index contributed by atoms with van der Waals surface area (Å²) >= 11 is 0. The van der Waals surface area contributed by atoms with Crippen molar-refractivity contribution >= 4 is 12.0 Å². The molecule has 0 aliphatic heterocycles. The number of rotatable bonds is 3. The molecule has 0 unspecified atom stereocenters. The SMILES string of the molecule is COC(=O)C=Cc1cc(OC)ccc1C. The summed E-state index contributed by atoms with van der Waals surface area (Å²) in [6.45, 7) is 1.97. The van der Waals surface area contributed by atoms with E-state index in [1.807, 2.05) is 25.1 Å². The lowest BCUT2D eigenvalue weighted by molar-refractivity contribution is -0.134. The van der Waals surface area contributed by atoms with Gasteiger partial charge in [-0.05, 0) is 36.3 Å². The van der Waals surface area contributed by atoms with Crippen molar-refractivity contribution in [3.05, 3.63) is 35.4 Å². The predicted molar refractivity (Wildman–Crippen MR) is 58.8 cm³/mol. The monoisotopic (exact) mass is 206 g/mol. The van der Waals surface area contributed by atoms with Gasteiger partial charge in [0, 0.05) is 6.08 Å². The summed E-state index contributed by atoms with van der Waals surface area (Å²) in [5.74, 6) is 0.405. The average Bonchev–Trinajstić information content (AvgIpc) is 2.27. The van der Waals surface area contributed by atoms with E-state index in [-0.39, 0.29) is 5.97 Å². The van der Waals surface area contributed by atoms with E-state index in [1.165, 1.54) is 13.2 Å². The summed E-state index contributed by atoms with van der Waals surface area (Å²) in [5, 5.41) is 0. The van der Waals surface area contributed by atoms with Crippen LogP contribution in [0.3, 0.4) is 0 Å². The second-order valence-electron chi connectivity index (χ2n) is 3.08. The summed E-state index contributed by atoms with van der Waals surface area (Å²) in [7, 11) is 2.96. The standard InChI is InChI=1S/C12H14O3/c1-9-4-6-11(14-2)8-10(9)5-7-12(13)15-3/h4-8H,1-3H3. The maximum Gasteiger partial charge on any atom is 0.330 e. The molecule has 0 atom stereocenters. The Hall–Kier alpha value is -1.77. The molecule has 0 amide bonds. The van der Waals surface area contributed by atoms with Gasteiger partial charge in [-0.15, -0.1) is 0 Å². The number of hydrogen-bond donors (Lipinski definition) is 0. The van der Waals surface area contributed by atoms with Crippen LogP contribution in [0.5, 0.6) is 5.75 Å². The number of aryl methyl sites for hydroxylation is 1. The highest BCUT2D eigenvalue weighted by Crippen LogP contribution is 2.18. The molecule has 0 N–H and O–H groups in total. The van der Waals surface area contributed by atoms with Crippen molar-refractivity contribution < 1.29 is 14.3 Å². The van der Waals surface area contributed by atoms with Crippen molar-refractivity contribution in [2.75, 3.05) is 14.2 Å². The first-order chi connectivity index (χ1) is 7.17. The summed E-state index contributed by atoms with van der Waals surface area (Å²) < 4.78 is 9.60. The lowest BCUT2D eigenvalue weighted by Crippen LogP contribution is -1.94. The molecule has 0 saturated heterocycles. The van der Waals surface area contributed by atoms with Gasteiger partial charge in [-0.3, -0.25) is 0 Å². The van der Waals surface area contributed by atoms with Crippen LogP contribution < -0.4 is 4.74 Å². The number of methoxy groups -OCH3 is 2. The van der Waals surface area contributed by atoms with Gasteiger partial charge in [0.15, 0.2) is 0 Å². The number of carbonyl (C=O) groups is 1. The summed E-state index contributed by atoms with van der Waals surface area (Å²) in [4.78, 5) is 10.9. The Morgan fingerprint density at radius 1 is 1.33 bits per heavy atom. The fraction of sp³-hybridized carbons (Fsp3) is 0.250. The molecule has 0 spiro atoms. The predicted octanol–water partition coefficient (Wildman–Crippen LogP) is 2.19. The van der Waals surface area contributed by atoms with Crippen molar-refractivity contribution in [1.82, 2.24) is 0 Å². The van der Waals surface area contributed by atoms with Gasteiger partial charge in [0.1, 0.15) is 5.75 Å². The van der Waals surface area contributed by atoms with E-state index < -0.39 is 0 Å². The Balaban J connectivity index is 2.93. The summed E-state index contributed by atoms with van der Waals surface area (Å²) in [6, 6.07) is 5.69.